The Morgan fingerprint density at radius 2 is 1.96 bits per heavy atom. The van der Waals surface area contributed by atoms with Crippen LogP contribution in [0, 0.1) is 0 Å². The Morgan fingerprint density at radius 1 is 1.35 bits per heavy atom. The second-order valence-corrected chi connectivity index (χ2v) is 5.44. The summed E-state index contributed by atoms with van der Waals surface area (Å²) in [4.78, 5) is 22.6. The molecule has 23 heavy (non-hydrogen) atoms. The maximum Gasteiger partial charge on any atom is 0.237 e. The minimum atomic E-state index is -1.41. The van der Waals surface area contributed by atoms with E-state index >= 15 is 0 Å². The standard InChI is InChI=1S/C13H25N3O7/c1-5(8(15-3)12(14)21)22-13-9(16-6(2)18)11(20)10(19)7(4-17)23-13/h5,7-11,13,15,17,19-20H,4H2,1-3H3,(H2,14,21)(H,16,18)/t5-,7-,8+,9-,10+,11-,13+/m1/s1. The topological polar surface area (TPSA) is 163 Å². The second kappa shape index (κ2) is 8.52. The van der Waals surface area contributed by atoms with E-state index < -0.39 is 61.2 Å². The van der Waals surface area contributed by atoms with E-state index in [1.807, 2.05) is 0 Å². The van der Waals surface area contributed by atoms with Crippen LogP contribution >= 0.6 is 0 Å². The summed E-state index contributed by atoms with van der Waals surface area (Å²) in [5.74, 6) is -1.11. The molecule has 10 nitrogen and oxygen atoms in total. The molecule has 0 bridgehead atoms. The van der Waals surface area contributed by atoms with Crippen LogP contribution in [0.1, 0.15) is 13.8 Å². The van der Waals surface area contributed by atoms with Gasteiger partial charge in [-0.25, -0.2) is 0 Å². The van der Waals surface area contributed by atoms with Gasteiger partial charge in [0, 0.05) is 6.92 Å². The molecule has 10 heteroatoms. The summed E-state index contributed by atoms with van der Waals surface area (Å²) >= 11 is 0. The monoisotopic (exact) mass is 335 g/mol. The zero-order valence-corrected chi connectivity index (χ0v) is 13.3. The molecule has 2 amide bonds. The maximum atomic E-state index is 11.3. The smallest absolute Gasteiger partial charge is 0.237 e. The van der Waals surface area contributed by atoms with Gasteiger partial charge in [-0.1, -0.05) is 0 Å². The normalized spacial score (nSPS) is 33.7. The average Bonchev–Trinajstić information content (AvgIpc) is 2.46. The number of ether oxygens (including phenoxy) is 2. The highest BCUT2D eigenvalue weighted by Gasteiger charge is 2.46. The van der Waals surface area contributed by atoms with Gasteiger partial charge in [0.1, 0.15) is 30.4 Å². The van der Waals surface area contributed by atoms with Crippen molar-refractivity contribution in [1.82, 2.24) is 10.6 Å². The van der Waals surface area contributed by atoms with Gasteiger partial charge in [-0.05, 0) is 14.0 Å². The van der Waals surface area contributed by atoms with E-state index in [1.54, 1.807) is 6.92 Å². The van der Waals surface area contributed by atoms with E-state index in [2.05, 4.69) is 10.6 Å². The molecule has 0 aliphatic carbocycles. The molecule has 0 unspecified atom stereocenters. The van der Waals surface area contributed by atoms with Gasteiger partial charge in [0.15, 0.2) is 6.29 Å². The number of aliphatic hydroxyl groups excluding tert-OH is 3. The van der Waals surface area contributed by atoms with Crippen LogP contribution in [0.2, 0.25) is 0 Å². The molecule has 134 valence electrons. The lowest BCUT2D eigenvalue weighted by Gasteiger charge is -2.43. The van der Waals surface area contributed by atoms with E-state index in [9.17, 15) is 24.9 Å². The lowest BCUT2D eigenvalue weighted by molar-refractivity contribution is -0.281. The molecule has 7 atom stereocenters. The van der Waals surface area contributed by atoms with Crippen LogP contribution in [-0.2, 0) is 19.1 Å². The van der Waals surface area contributed by atoms with Gasteiger partial charge in [-0.3, -0.25) is 9.59 Å². The van der Waals surface area contributed by atoms with Gasteiger partial charge in [-0.15, -0.1) is 0 Å². The number of carbonyl (C=O) groups is 2. The molecule has 0 radical (unpaired) electrons. The fraction of sp³-hybridized carbons (Fsp3) is 0.846. The number of hydrogen-bond acceptors (Lipinski definition) is 8. The maximum absolute atomic E-state index is 11.3. The Bertz CT molecular complexity index is 422. The van der Waals surface area contributed by atoms with E-state index in [0.717, 1.165) is 0 Å². The van der Waals surface area contributed by atoms with Crippen LogP contribution in [0.25, 0.3) is 0 Å². The van der Waals surface area contributed by atoms with Crippen LogP contribution in [0.15, 0.2) is 0 Å². The first kappa shape index (κ1) is 19.7. The molecule has 7 N–H and O–H groups in total. The van der Waals surface area contributed by atoms with Crippen molar-refractivity contribution >= 4 is 11.8 Å². The highest BCUT2D eigenvalue weighted by Crippen LogP contribution is 2.23. The Kier molecular flexibility index (Phi) is 7.32. The Labute approximate surface area is 133 Å². The Morgan fingerprint density at radius 3 is 2.39 bits per heavy atom. The fourth-order valence-corrected chi connectivity index (χ4v) is 2.49. The molecule has 0 aromatic carbocycles. The molecule has 1 rings (SSSR count). The number of aliphatic hydroxyl groups is 3. The highest BCUT2D eigenvalue weighted by molar-refractivity contribution is 5.80. The van der Waals surface area contributed by atoms with E-state index in [-0.39, 0.29) is 0 Å². The SMILES string of the molecule is CN[C@H](C(N)=O)[C@@H](C)O[C@H]1O[C@H](CO)[C@H](O)[C@H](O)[C@H]1NC(C)=O. The molecular formula is C13H25N3O7. The number of likely N-dealkylation sites (N-methyl/N-ethyl adjacent to an activating group) is 1. The summed E-state index contributed by atoms with van der Waals surface area (Å²) in [6.07, 6.45) is -5.83. The fourth-order valence-electron chi connectivity index (χ4n) is 2.49. The summed E-state index contributed by atoms with van der Waals surface area (Å²) in [6.45, 7) is 2.24. The van der Waals surface area contributed by atoms with Crippen molar-refractivity contribution in [2.75, 3.05) is 13.7 Å². The number of amides is 2. The summed E-state index contributed by atoms with van der Waals surface area (Å²) < 4.78 is 11.0. The van der Waals surface area contributed by atoms with Crippen LogP contribution < -0.4 is 16.4 Å². The third-order valence-electron chi connectivity index (χ3n) is 3.69. The van der Waals surface area contributed by atoms with Gasteiger partial charge in [-0.2, -0.15) is 0 Å². The average molecular weight is 335 g/mol. The number of hydrogen-bond donors (Lipinski definition) is 6. The molecule has 0 aromatic rings. The molecule has 1 heterocycles. The first-order valence-corrected chi connectivity index (χ1v) is 7.24. The number of nitrogens with one attached hydrogen (secondary N) is 2. The molecule has 1 saturated heterocycles. The number of carbonyl (C=O) groups excluding carboxylic acids is 2. The minimum absolute atomic E-state index is 0.464. The van der Waals surface area contributed by atoms with E-state index in [4.69, 9.17) is 15.2 Å². The number of primary amides is 1. The first-order chi connectivity index (χ1) is 10.7. The molecule has 1 aliphatic heterocycles. The lowest BCUT2D eigenvalue weighted by Crippen LogP contribution is -2.65. The van der Waals surface area contributed by atoms with E-state index in [1.165, 1.54) is 14.0 Å². The molecular weight excluding hydrogens is 310 g/mol. The van der Waals surface area contributed by atoms with Crippen molar-refractivity contribution < 1.29 is 34.4 Å². The van der Waals surface area contributed by atoms with Crippen molar-refractivity contribution in [1.29, 1.82) is 0 Å². The Hall–Kier alpha value is -1.30. The predicted molar refractivity (Wildman–Crippen MR) is 78.0 cm³/mol. The highest BCUT2D eigenvalue weighted by atomic mass is 16.7. The summed E-state index contributed by atoms with van der Waals surface area (Å²) in [7, 11) is 1.53. The molecule has 0 saturated carbocycles. The quantitative estimate of drug-likeness (QED) is 0.278. The van der Waals surface area contributed by atoms with Gasteiger partial charge >= 0.3 is 0 Å². The van der Waals surface area contributed by atoms with Crippen LogP contribution in [0.4, 0.5) is 0 Å². The van der Waals surface area contributed by atoms with Crippen molar-refractivity contribution in [2.45, 2.75) is 56.6 Å². The second-order valence-electron chi connectivity index (χ2n) is 5.44. The summed E-state index contributed by atoms with van der Waals surface area (Å²) in [5, 5.41) is 34.4. The van der Waals surface area contributed by atoms with Gasteiger partial charge in [0.05, 0.1) is 12.7 Å². The van der Waals surface area contributed by atoms with Crippen molar-refractivity contribution in [3.63, 3.8) is 0 Å². The third-order valence-corrected chi connectivity index (χ3v) is 3.69. The predicted octanol–water partition coefficient (Wildman–Crippen LogP) is -3.59. The minimum Gasteiger partial charge on any atom is -0.394 e. The molecule has 1 aliphatic rings. The van der Waals surface area contributed by atoms with Crippen LogP contribution in [-0.4, -0.2) is 83.6 Å². The molecule has 1 fully saturated rings. The summed E-state index contributed by atoms with van der Waals surface area (Å²) in [6, 6.07) is -1.90. The van der Waals surface area contributed by atoms with Crippen molar-refractivity contribution in [3.8, 4) is 0 Å². The summed E-state index contributed by atoms with van der Waals surface area (Å²) in [5.41, 5.74) is 5.25. The largest absolute Gasteiger partial charge is 0.394 e. The lowest BCUT2D eigenvalue weighted by atomic mass is 9.96. The molecule has 0 aromatic heterocycles. The van der Waals surface area contributed by atoms with Crippen LogP contribution in [0.5, 0.6) is 0 Å². The molecule has 0 spiro atoms. The number of rotatable bonds is 7. The van der Waals surface area contributed by atoms with Gasteiger partial charge in [0.25, 0.3) is 0 Å². The van der Waals surface area contributed by atoms with Gasteiger partial charge < -0.3 is 41.2 Å². The zero-order valence-electron chi connectivity index (χ0n) is 13.3. The van der Waals surface area contributed by atoms with E-state index in [0.29, 0.717) is 0 Å². The Balaban J connectivity index is 2.92. The van der Waals surface area contributed by atoms with Crippen molar-refractivity contribution in [2.24, 2.45) is 5.73 Å². The zero-order chi connectivity index (χ0) is 17.7. The number of nitrogens with two attached hydrogens (primary N) is 1. The van der Waals surface area contributed by atoms with Gasteiger partial charge in [0.2, 0.25) is 11.8 Å². The van der Waals surface area contributed by atoms with Crippen molar-refractivity contribution in [3.05, 3.63) is 0 Å². The third kappa shape index (κ3) is 4.83. The first-order valence-electron chi connectivity index (χ1n) is 7.24. The van der Waals surface area contributed by atoms with Crippen LogP contribution in [0.3, 0.4) is 0 Å².